The minimum absolute atomic E-state index is 0.0147. The Hall–Kier alpha value is -1.10. The van der Waals surface area contributed by atoms with Crippen LogP contribution in [0.15, 0.2) is 0 Å². The Labute approximate surface area is 108 Å². The molecule has 1 aliphatic carbocycles. The van der Waals surface area contributed by atoms with Crippen molar-refractivity contribution in [2.24, 2.45) is 0 Å². The van der Waals surface area contributed by atoms with Crippen LogP contribution < -0.4 is 5.32 Å². The van der Waals surface area contributed by atoms with E-state index in [1.54, 1.807) is 0 Å². The van der Waals surface area contributed by atoms with E-state index in [1.165, 1.54) is 11.3 Å². The monoisotopic (exact) mass is 253 g/mol. The van der Waals surface area contributed by atoms with E-state index < -0.39 is 5.54 Å². The van der Waals surface area contributed by atoms with E-state index in [0.29, 0.717) is 6.67 Å². The van der Waals surface area contributed by atoms with Gasteiger partial charge in [0.15, 0.2) is 0 Å². The van der Waals surface area contributed by atoms with Gasteiger partial charge in [-0.15, -0.1) is 0 Å². The maximum absolute atomic E-state index is 12.5. The molecule has 0 unspecified atom stereocenters. The number of urea groups is 1. The molecule has 1 saturated heterocycles. The second-order valence-corrected chi connectivity index (χ2v) is 5.25. The zero-order chi connectivity index (χ0) is 13.2. The molecule has 1 N–H and O–H groups in total. The molecule has 1 spiro atoms. The number of rotatable bonds is 4. The van der Waals surface area contributed by atoms with Crippen molar-refractivity contribution in [3.63, 3.8) is 0 Å². The summed E-state index contributed by atoms with van der Waals surface area (Å²) in [5.74, 6) is -0.0147. The Bertz CT molecular complexity index is 333. The third-order valence-corrected chi connectivity index (χ3v) is 4.19. The van der Waals surface area contributed by atoms with E-state index in [-0.39, 0.29) is 11.9 Å². The Morgan fingerprint density at radius 2 is 1.78 bits per heavy atom. The van der Waals surface area contributed by atoms with Crippen LogP contribution in [0.5, 0.6) is 0 Å². The fourth-order valence-electron chi connectivity index (χ4n) is 2.92. The van der Waals surface area contributed by atoms with Gasteiger partial charge in [0, 0.05) is 0 Å². The molecule has 0 bridgehead atoms. The van der Waals surface area contributed by atoms with Gasteiger partial charge in [0.1, 0.15) is 5.54 Å². The highest BCUT2D eigenvalue weighted by molar-refractivity contribution is 6.07. The highest BCUT2D eigenvalue weighted by atomic mass is 16.2. The zero-order valence-electron chi connectivity index (χ0n) is 11.4. The van der Waals surface area contributed by atoms with Gasteiger partial charge in [0.05, 0.1) is 6.67 Å². The first-order valence-corrected chi connectivity index (χ1v) is 6.99. The average Bonchev–Trinajstić information content (AvgIpc) is 2.60. The second-order valence-electron chi connectivity index (χ2n) is 5.25. The third-order valence-electron chi connectivity index (χ3n) is 4.19. The normalized spacial score (nSPS) is 22.9. The van der Waals surface area contributed by atoms with E-state index in [9.17, 15) is 9.59 Å². The van der Waals surface area contributed by atoms with Crippen molar-refractivity contribution < 1.29 is 9.59 Å². The largest absolute Gasteiger partial charge is 0.326 e. The zero-order valence-corrected chi connectivity index (χ0v) is 11.4. The number of hydrogen-bond donors (Lipinski definition) is 1. The molecular weight excluding hydrogens is 230 g/mol. The number of carbonyl (C=O) groups is 2. The van der Waals surface area contributed by atoms with Crippen LogP contribution in [0.3, 0.4) is 0 Å². The highest BCUT2D eigenvalue weighted by Gasteiger charge is 2.51. The first-order valence-electron chi connectivity index (χ1n) is 6.99. The molecular formula is C13H23N3O2. The molecule has 102 valence electrons. The number of nitrogens with zero attached hydrogens (tertiary/aromatic N) is 2. The van der Waals surface area contributed by atoms with Crippen molar-refractivity contribution in [3.05, 3.63) is 0 Å². The molecule has 3 amide bonds. The van der Waals surface area contributed by atoms with Gasteiger partial charge in [0.25, 0.3) is 5.91 Å². The van der Waals surface area contributed by atoms with E-state index in [2.05, 4.69) is 10.2 Å². The lowest BCUT2D eigenvalue weighted by atomic mass is 9.82. The summed E-state index contributed by atoms with van der Waals surface area (Å²) in [7, 11) is 0. The van der Waals surface area contributed by atoms with Crippen LogP contribution in [0.1, 0.15) is 46.0 Å². The summed E-state index contributed by atoms with van der Waals surface area (Å²) in [6.07, 6.45) is 4.83. The summed E-state index contributed by atoms with van der Waals surface area (Å²) in [4.78, 5) is 27.9. The Kier molecular flexibility index (Phi) is 3.90. The van der Waals surface area contributed by atoms with Crippen LogP contribution >= 0.6 is 0 Å². The lowest BCUT2D eigenvalue weighted by Gasteiger charge is -2.31. The first kappa shape index (κ1) is 13.3. The van der Waals surface area contributed by atoms with Crippen molar-refractivity contribution in [3.8, 4) is 0 Å². The maximum Gasteiger partial charge on any atom is 0.326 e. The summed E-state index contributed by atoms with van der Waals surface area (Å²) >= 11 is 0. The summed E-state index contributed by atoms with van der Waals surface area (Å²) in [6.45, 7) is 6.19. The summed E-state index contributed by atoms with van der Waals surface area (Å²) in [5.41, 5.74) is -0.581. The number of nitrogens with one attached hydrogen (secondary N) is 1. The van der Waals surface area contributed by atoms with E-state index >= 15 is 0 Å². The molecule has 2 fully saturated rings. The van der Waals surface area contributed by atoms with E-state index in [4.69, 9.17) is 0 Å². The van der Waals surface area contributed by atoms with Crippen LogP contribution in [-0.2, 0) is 4.79 Å². The summed E-state index contributed by atoms with van der Waals surface area (Å²) < 4.78 is 0. The van der Waals surface area contributed by atoms with Crippen LogP contribution in [0.25, 0.3) is 0 Å². The fraction of sp³-hybridized carbons (Fsp3) is 0.846. The number of imide groups is 1. The quantitative estimate of drug-likeness (QED) is 0.773. The van der Waals surface area contributed by atoms with Gasteiger partial charge in [-0.3, -0.25) is 9.69 Å². The molecule has 1 aliphatic heterocycles. The molecule has 0 radical (unpaired) electrons. The van der Waals surface area contributed by atoms with Crippen LogP contribution in [-0.4, -0.2) is 47.0 Å². The molecule has 0 atom stereocenters. The van der Waals surface area contributed by atoms with Crippen molar-refractivity contribution in [1.82, 2.24) is 15.1 Å². The minimum Gasteiger partial charge on any atom is -0.323 e. The number of amides is 3. The SMILES string of the molecule is CCN(CC)CN1C(=O)NC2(CCCCC2)C1=O. The molecule has 1 saturated carbocycles. The van der Waals surface area contributed by atoms with Gasteiger partial charge >= 0.3 is 6.03 Å². The van der Waals surface area contributed by atoms with E-state index in [0.717, 1.165) is 38.8 Å². The Morgan fingerprint density at radius 1 is 1.17 bits per heavy atom. The van der Waals surface area contributed by atoms with Gasteiger partial charge < -0.3 is 5.32 Å². The standard InChI is InChI=1S/C13H23N3O2/c1-3-15(4-2)10-16-11(17)13(14-12(16)18)8-6-5-7-9-13/h3-10H2,1-2H3,(H,14,18). The third kappa shape index (κ3) is 2.23. The van der Waals surface area contributed by atoms with Crippen LogP contribution in [0.2, 0.25) is 0 Å². The molecule has 1 heterocycles. The van der Waals surface area contributed by atoms with Crippen molar-refractivity contribution in [1.29, 1.82) is 0 Å². The summed E-state index contributed by atoms with van der Waals surface area (Å²) in [6, 6.07) is -0.214. The lowest BCUT2D eigenvalue weighted by molar-refractivity contribution is -0.133. The van der Waals surface area contributed by atoms with Gasteiger partial charge in [-0.05, 0) is 25.9 Å². The average molecular weight is 253 g/mol. The van der Waals surface area contributed by atoms with Gasteiger partial charge in [-0.25, -0.2) is 9.69 Å². The highest BCUT2D eigenvalue weighted by Crippen LogP contribution is 2.33. The maximum atomic E-state index is 12.5. The topological polar surface area (TPSA) is 52.6 Å². The van der Waals surface area contributed by atoms with Gasteiger partial charge in [-0.1, -0.05) is 33.1 Å². The molecule has 18 heavy (non-hydrogen) atoms. The molecule has 2 rings (SSSR count). The molecule has 0 aromatic rings. The van der Waals surface area contributed by atoms with E-state index in [1.807, 2.05) is 13.8 Å². The molecule has 0 aromatic heterocycles. The molecule has 5 nitrogen and oxygen atoms in total. The number of hydrogen-bond acceptors (Lipinski definition) is 3. The van der Waals surface area contributed by atoms with Gasteiger partial charge in [0.2, 0.25) is 0 Å². The first-order chi connectivity index (χ1) is 8.63. The predicted molar refractivity (Wildman–Crippen MR) is 69.0 cm³/mol. The van der Waals surface area contributed by atoms with Crippen molar-refractivity contribution in [2.75, 3.05) is 19.8 Å². The van der Waals surface area contributed by atoms with Crippen LogP contribution in [0.4, 0.5) is 4.79 Å². The van der Waals surface area contributed by atoms with Gasteiger partial charge in [-0.2, -0.15) is 0 Å². The Balaban J connectivity index is 2.09. The fourth-order valence-corrected chi connectivity index (χ4v) is 2.92. The second kappa shape index (κ2) is 5.26. The lowest BCUT2D eigenvalue weighted by Crippen LogP contribution is -2.49. The molecule has 5 heteroatoms. The van der Waals surface area contributed by atoms with Crippen LogP contribution in [0, 0.1) is 0 Å². The predicted octanol–water partition coefficient (Wildman–Crippen LogP) is 1.54. The molecule has 0 aromatic carbocycles. The smallest absolute Gasteiger partial charge is 0.323 e. The Morgan fingerprint density at radius 3 is 2.33 bits per heavy atom. The number of carbonyl (C=O) groups excluding carboxylic acids is 2. The minimum atomic E-state index is -0.581. The molecule has 2 aliphatic rings. The van der Waals surface area contributed by atoms with Crippen molar-refractivity contribution in [2.45, 2.75) is 51.5 Å². The van der Waals surface area contributed by atoms with Crippen molar-refractivity contribution >= 4 is 11.9 Å². The summed E-state index contributed by atoms with van der Waals surface area (Å²) in [5, 5.41) is 2.93.